The maximum Gasteiger partial charge on any atom is 0.356 e. The molecule has 0 aliphatic carbocycles. The van der Waals surface area contributed by atoms with Gasteiger partial charge in [-0.15, -0.1) is 0 Å². The second-order valence-corrected chi connectivity index (χ2v) is 9.78. The van der Waals surface area contributed by atoms with Crippen LogP contribution in [0.25, 0.3) is 10.9 Å². The fraction of sp³-hybridized carbons (Fsp3) is 0.296. The third kappa shape index (κ3) is 4.87. The third-order valence-electron chi connectivity index (χ3n) is 6.77. The van der Waals surface area contributed by atoms with E-state index in [0.717, 1.165) is 30.0 Å². The van der Waals surface area contributed by atoms with Crippen molar-refractivity contribution in [2.75, 3.05) is 41.3 Å². The first-order valence-corrected chi connectivity index (χ1v) is 12.7. The van der Waals surface area contributed by atoms with Crippen LogP contribution in [0, 0.1) is 6.92 Å². The molecule has 1 aromatic carbocycles. The molecule has 2 N–H and O–H groups in total. The highest BCUT2D eigenvalue weighted by atomic mass is 35.5. The van der Waals surface area contributed by atoms with Crippen LogP contribution in [0.5, 0.6) is 0 Å². The number of aromatic nitrogens is 4. The second kappa shape index (κ2) is 10.3. The Labute approximate surface area is 224 Å². The number of carbonyl (C=O) groups is 1. The van der Waals surface area contributed by atoms with E-state index in [-0.39, 0.29) is 22.4 Å². The number of nitrogens with one attached hydrogen (secondary N) is 1. The minimum Gasteiger partial charge on any atom is -0.476 e. The van der Waals surface area contributed by atoms with E-state index < -0.39 is 5.97 Å². The van der Waals surface area contributed by atoms with Crippen LogP contribution in [0.15, 0.2) is 53.5 Å². The van der Waals surface area contributed by atoms with Crippen molar-refractivity contribution >= 4 is 45.9 Å². The molecule has 3 aromatic heterocycles. The van der Waals surface area contributed by atoms with Crippen LogP contribution in [0.4, 0.5) is 17.5 Å². The summed E-state index contributed by atoms with van der Waals surface area (Å²) in [4.78, 5) is 43.0. The van der Waals surface area contributed by atoms with Gasteiger partial charge in [-0.2, -0.15) is 0 Å². The smallest absolute Gasteiger partial charge is 0.356 e. The van der Waals surface area contributed by atoms with E-state index in [1.807, 2.05) is 44.2 Å². The molecule has 1 atom stereocenters. The standard InChI is InChI=1S/C27H28ClN7O3/c1-16-14-18(17(2)30-20-7-8-21(28)31-24(20)26(37)38)23-19(15-16)25(36)33(3)27(32-23)35-12-10-34(11-13-35)22-6-4-5-9-29-22/h4-9,14-15,17,30H,10-13H2,1-3H3,(H,37,38)/t17-/m0/s1. The number of carboxylic acid groups (broad SMARTS) is 1. The Kier molecular flexibility index (Phi) is 6.90. The fourth-order valence-corrected chi connectivity index (χ4v) is 5.00. The van der Waals surface area contributed by atoms with Gasteiger partial charge in [0.25, 0.3) is 5.56 Å². The van der Waals surface area contributed by atoms with E-state index in [9.17, 15) is 14.7 Å². The van der Waals surface area contributed by atoms with E-state index in [1.54, 1.807) is 23.9 Å². The average Bonchev–Trinajstić information content (AvgIpc) is 2.92. The lowest BCUT2D eigenvalue weighted by Gasteiger charge is -2.36. The SMILES string of the molecule is Cc1cc([C@H](C)Nc2ccc(Cl)nc2C(=O)O)c2nc(N3CCN(c4ccccn4)CC3)n(C)c(=O)c2c1. The number of benzene rings is 1. The number of pyridine rings is 2. The zero-order valence-electron chi connectivity index (χ0n) is 21.3. The number of fused-ring (bicyclic) bond motifs is 1. The maximum atomic E-state index is 13.5. The van der Waals surface area contributed by atoms with Gasteiger partial charge in [0, 0.05) is 45.0 Å². The van der Waals surface area contributed by atoms with Gasteiger partial charge in [-0.05, 0) is 49.7 Å². The molecular weight excluding hydrogens is 506 g/mol. The fourth-order valence-electron chi connectivity index (χ4n) is 4.86. The molecule has 1 fully saturated rings. The summed E-state index contributed by atoms with van der Waals surface area (Å²) in [5, 5.41) is 13.4. The molecule has 1 aliphatic heterocycles. The summed E-state index contributed by atoms with van der Waals surface area (Å²) in [6.45, 7) is 6.72. The average molecular weight is 534 g/mol. The van der Waals surface area contributed by atoms with Crippen LogP contribution in [0.1, 0.15) is 34.6 Å². The zero-order chi connectivity index (χ0) is 27.0. The van der Waals surface area contributed by atoms with Crippen molar-refractivity contribution in [1.29, 1.82) is 0 Å². The van der Waals surface area contributed by atoms with Gasteiger partial charge in [-0.25, -0.2) is 19.7 Å². The van der Waals surface area contributed by atoms with Crippen LogP contribution >= 0.6 is 11.6 Å². The van der Waals surface area contributed by atoms with Crippen molar-refractivity contribution in [1.82, 2.24) is 19.5 Å². The summed E-state index contributed by atoms with van der Waals surface area (Å²) in [5.74, 6) is 0.345. The molecule has 5 rings (SSSR count). The van der Waals surface area contributed by atoms with Crippen LogP contribution in [0.3, 0.4) is 0 Å². The highest BCUT2D eigenvalue weighted by molar-refractivity contribution is 6.29. The molecular formula is C27H28ClN7O3. The van der Waals surface area contributed by atoms with Crippen LogP contribution in [-0.2, 0) is 7.05 Å². The minimum absolute atomic E-state index is 0.0968. The predicted octanol–water partition coefficient (Wildman–Crippen LogP) is 3.88. The van der Waals surface area contributed by atoms with Gasteiger partial charge in [0.05, 0.1) is 22.6 Å². The van der Waals surface area contributed by atoms with Crippen molar-refractivity contribution in [2.24, 2.45) is 7.05 Å². The zero-order valence-corrected chi connectivity index (χ0v) is 22.1. The second-order valence-electron chi connectivity index (χ2n) is 9.39. The molecule has 4 heterocycles. The summed E-state index contributed by atoms with van der Waals surface area (Å²) >= 11 is 5.92. The normalized spacial score (nSPS) is 14.5. The quantitative estimate of drug-likeness (QED) is 0.356. The first kappa shape index (κ1) is 25.5. The van der Waals surface area contributed by atoms with Gasteiger partial charge < -0.3 is 20.2 Å². The maximum absolute atomic E-state index is 13.5. The Morgan fingerprint density at radius 3 is 2.50 bits per heavy atom. The molecule has 0 saturated carbocycles. The Hall–Kier alpha value is -4.18. The molecule has 0 radical (unpaired) electrons. The Morgan fingerprint density at radius 2 is 1.82 bits per heavy atom. The highest BCUT2D eigenvalue weighted by Crippen LogP contribution is 2.29. The molecule has 10 nitrogen and oxygen atoms in total. The van der Waals surface area contributed by atoms with Crippen LogP contribution < -0.4 is 20.7 Å². The third-order valence-corrected chi connectivity index (χ3v) is 6.98. The Morgan fingerprint density at radius 1 is 1.08 bits per heavy atom. The van der Waals surface area contributed by atoms with Crippen molar-refractivity contribution < 1.29 is 9.90 Å². The number of nitrogens with zero attached hydrogens (tertiary/aromatic N) is 6. The molecule has 0 amide bonds. The van der Waals surface area contributed by atoms with Gasteiger partial charge >= 0.3 is 5.97 Å². The lowest BCUT2D eigenvalue weighted by atomic mass is 10.0. The molecule has 1 aliphatic rings. The van der Waals surface area contributed by atoms with Gasteiger partial charge in [-0.1, -0.05) is 23.7 Å². The lowest BCUT2D eigenvalue weighted by molar-refractivity contribution is 0.0691. The summed E-state index contributed by atoms with van der Waals surface area (Å²) in [6.07, 6.45) is 1.79. The Bertz CT molecular complexity index is 1570. The van der Waals surface area contributed by atoms with Crippen molar-refractivity contribution in [3.05, 3.63) is 81.0 Å². The number of anilines is 3. The molecule has 0 spiro atoms. The number of piperazine rings is 1. The minimum atomic E-state index is -1.18. The lowest BCUT2D eigenvalue weighted by Crippen LogP contribution is -2.48. The van der Waals surface area contributed by atoms with E-state index >= 15 is 0 Å². The molecule has 1 saturated heterocycles. The molecule has 11 heteroatoms. The first-order chi connectivity index (χ1) is 18.2. The number of hydrogen-bond donors (Lipinski definition) is 2. The van der Waals surface area contributed by atoms with Crippen molar-refractivity contribution in [3.8, 4) is 0 Å². The molecule has 38 heavy (non-hydrogen) atoms. The highest BCUT2D eigenvalue weighted by Gasteiger charge is 2.24. The van der Waals surface area contributed by atoms with Crippen LogP contribution in [0.2, 0.25) is 5.15 Å². The summed E-state index contributed by atoms with van der Waals surface area (Å²) in [6, 6.07) is 12.4. The van der Waals surface area contributed by atoms with E-state index in [4.69, 9.17) is 16.6 Å². The number of halogens is 1. The summed E-state index contributed by atoms with van der Waals surface area (Å²) in [5.41, 5.74) is 2.31. The first-order valence-electron chi connectivity index (χ1n) is 12.3. The van der Waals surface area contributed by atoms with Gasteiger partial charge in [0.15, 0.2) is 5.69 Å². The van der Waals surface area contributed by atoms with Crippen LogP contribution in [-0.4, -0.2) is 56.8 Å². The molecule has 196 valence electrons. The summed E-state index contributed by atoms with van der Waals surface area (Å²) < 4.78 is 1.60. The number of aromatic carboxylic acids is 1. The number of carboxylic acids is 1. The monoisotopic (exact) mass is 533 g/mol. The summed E-state index contributed by atoms with van der Waals surface area (Å²) in [7, 11) is 1.75. The molecule has 0 bridgehead atoms. The topological polar surface area (TPSA) is 116 Å². The van der Waals surface area contributed by atoms with Gasteiger partial charge in [0.2, 0.25) is 5.95 Å². The number of rotatable bonds is 6. The van der Waals surface area contributed by atoms with Crippen molar-refractivity contribution in [3.63, 3.8) is 0 Å². The predicted molar refractivity (Wildman–Crippen MR) is 149 cm³/mol. The number of aryl methyl sites for hydroxylation is 1. The largest absolute Gasteiger partial charge is 0.476 e. The number of hydrogen-bond acceptors (Lipinski definition) is 8. The van der Waals surface area contributed by atoms with E-state index in [2.05, 4.69) is 25.1 Å². The Balaban J connectivity index is 1.50. The molecule has 4 aromatic rings. The molecule has 0 unspecified atom stereocenters. The van der Waals surface area contributed by atoms with E-state index in [0.29, 0.717) is 35.6 Å². The van der Waals surface area contributed by atoms with E-state index in [1.165, 1.54) is 6.07 Å². The van der Waals surface area contributed by atoms with Gasteiger partial charge in [0.1, 0.15) is 11.0 Å². The van der Waals surface area contributed by atoms with Crippen molar-refractivity contribution in [2.45, 2.75) is 19.9 Å². The van der Waals surface area contributed by atoms with Gasteiger partial charge in [-0.3, -0.25) is 9.36 Å².